The zero-order chi connectivity index (χ0) is 22.0. The first-order valence-corrected chi connectivity index (χ1v) is 9.74. The second-order valence-electron chi connectivity index (χ2n) is 6.90. The van der Waals surface area contributed by atoms with Crippen LogP contribution in [0.5, 0.6) is 5.75 Å². The fraction of sp³-hybridized carbons (Fsp3) is 0.136. The van der Waals surface area contributed by atoms with Crippen molar-refractivity contribution < 1.29 is 10.5 Å². The molecular formula is C22H22N7O2+. The van der Waals surface area contributed by atoms with Gasteiger partial charge in [-0.2, -0.15) is 0 Å². The van der Waals surface area contributed by atoms with Gasteiger partial charge in [0.1, 0.15) is 35.0 Å². The molecule has 0 aliphatic carbocycles. The number of aryl methyl sites for hydroxylation is 1. The Labute approximate surface area is 177 Å². The lowest BCUT2D eigenvalue weighted by Crippen LogP contribution is -2.42. The van der Waals surface area contributed by atoms with E-state index in [0.717, 1.165) is 11.0 Å². The number of hydrogen-bond acceptors (Lipinski definition) is 7. The molecule has 9 nitrogen and oxygen atoms in total. The number of aromatic nitrogens is 4. The normalized spacial score (nSPS) is 10.9. The van der Waals surface area contributed by atoms with Crippen molar-refractivity contribution in [2.45, 2.75) is 20.0 Å². The van der Waals surface area contributed by atoms with E-state index in [2.05, 4.69) is 20.3 Å². The second kappa shape index (κ2) is 8.23. The maximum absolute atomic E-state index is 12.9. The summed E-state index contributed by atoms with van der Waals surface area (Å²) in [6, 6.07) is 14.0. The summed E-state index contributed by atoms with van der Waals surface area (Å²) >= 11 is 0. The number of hydrogen-bond donors (Lipinski definition) is 4. The minimum atomic E-state index is -0.179. The number of para-hydroxylation sites is 2. The van der Waals surface area contributed by atoms with Gasteiger partial charge in [0.25, 0.3) is 5.56 Å². The van der Waals surface area contributed by atoms with Gasteiger partial charge >= 0.3 is 0 Å². The quantitative estimate of drug-likeness (QED) is 0.339. The third kappa shape index (κ3) is 3.80. The molecule has 0 fully saturated rings. The van der Waals surface area contributed by atoms with Crippen molar-refractivity contribution in [1.29, 1.82) is 0 Å². The predicted octanol–water partition coefficient (Wildman–Crippen LogP) is 0.703. The van der Waals surface area contributed by atoms with Crippen LogP contribution >= 0.6 is 0 Å². The summed E-state index contributed by atoms with van der Waals surface area (Å²) in [7, 11) is 0. The largest absolute Gasteiger partial charge is 0.508 e. The first-order valence-electron chi connectivity index (χ1n) is 9.74. The van der Waals surface area contributed by atoms with Gasteiger partial charge in [0.15, 0.2) is 0 Å². The summed E-state index contributed by atoms with van der Waals surface area (Å²) in [6.45, 7) is 2.57. The molecule has 6 N–H and O–H groups in total. The summed E-state index contributed by atoms with van der Waals surface area (Å²) in [5, 5.41) is 19.2. The Morgan fingerprint density at radius 1 is 1.19 bits per heavy atom. The van der Waals surface area contributed by atoms with Gasteiger partial charge in [-0.3, -0.25) is 10.2 Å². The van der Waals surface area contributed by atoms with E-state index in [4.69, 9.17) is 11.1 Å². The molecule has 0 unspecified atom stereocenters. The van der Waals surface area contributed by atoms with E-state index < -0.39 is 0 Å². The molecule has 31 heavy (non-hydrogen) atoms. The van der Waals surface area contributed by atoms with Crippen molar-refractivity contribution in [3.05, 3.63) is 82.0 Å². The lowest BCUT2D eigenvalue weighted by Gasteiger charge is -2.13. The highest BCUT2D eigenvalue weighted by Crippen LogP contribution is 2.22. The van der Waals surface area contributed by atoms with Crippen molar-refractivity contribution in [2.75, 3.05) is 11.1 Å². The Bertz CT molecular complexity index is 1350. The maximum Gasteiger partial charge on any atom is 0.274 e. The van der Waals surface area contributed by atoms with Crippen molar-refractivity contribution in [3.8, 4) is 5.75 Å². The average Bonchev–Trinajstić information content (AvgIpc) is 2.77. The Morgan fingerprint density at radius 3 is 2.77 bits per heavy atom. The first-order chi connectivity index (χ1) is 15.0. The molecular weight excluding hydrogens is 394 g/mol. The van der Waals surface area contributed by atoms with Gasteiger partial charge in [-0.15, -0.1) is 0 Å². The molecule has 4 rings (SSSR count). The molecule has 4 aromatic rings. The number of phenolic OH excluding ortho intramolecular Hbond substituents is 1. The standard InChI is InChI=1S/C22H21N7O2/c1-2-29-17-9-4-3-8-15(17)28-16(22(29)31)11-25-21-18(20(24)26-12-27-21)19(23)13-6-5-7-14(30)10-13/h3-10,12,23,30H,2,11H2,1H3,(H3,24,25,26,27)/p+1. The number of aromatic hydroxyl groups is 1. The monoisotopic (exact) mass is 416 g/mol. The van der Waals surface area contributed by atoms with Crippen LogP contribution < -0.4 is 22.0 Å². The first kappa shape index (κ1) is 20.0. The molecule has 2 aromatic carbocycles. The summed E-state index contributed by atoms with van der Waals surface area (Å²) < 4.78 is 1.68. The Morgan fingerprint density at radius 2 is 2.00 bits per heavy atom. The van der Waals surface area contributed by atoms with E-state index in [1.807, 2.05) is 31.2 Å². The van der Waals surface area contributed by atoms with Crippen molar-refractivity contribution in [2.24, 2.45) is 0 Å². The fourth-order valence-electron chi connectivity index (χ4n) is 3.46. The molecule has 0 bridgehead atoms. The van der Waals surface area contributed by atoms with Crippen LogP contribution in [0.2, 0.25) is 0 Å². The van der Waals surface area contributed by atoms with E-state index in [1.165, 1.54) is 12.4 Å². The summed E-state index contributed by atoms with van der Waals surface area (Å²) in [5.74, 6) is 0.618. The summed E-state index contributed by atoms with van der Waals surface area (Å²) in [5.41, 5.74) is 9.03. The van der Waals surface area contributed by atoms with Gasteiger partial charge in [0.2, 0.25) is 5.71 Å². The molecule has 2 heterocycles. The van der Waals surface area contributed by atoms with E-state index in [0.29, 0.717) is 34.9 Å². The molecule has 0 saturated carbocycles. The number of nitrogens with two attached hydrogens (primary N) is 2. The van der Waals surface area contributed by atoms with Crippen LogP contribution in [0.15, 0.2) is 59.7 Å². The average molecular weight is 416 g/mol. The highest BCUT2D eigenvalue weighted by atomic mass is 16.3. The van der Waals surface area contributed by atoms with Gasteiger partial charge < -0.3 is 20.7 Å². The summed E-state index contributed by atoms with van der Waals surface area (Å²) in [4.78, 5) is 25.7. The van der Waals surface area contributed by atoms with Crippen molar-refractivity contribution >= 4 is 28.4 Å². The molecule has 0 spiro atoms. The van der Waals surface area contributed by atoms with Gasteiger partial charge in [0, 0.05) is 6.54 Å². The van der Waals surface area contributed by atoms with E-state index in [9.17, 15) is 9.90 Å². The minimum absolute atomic E-state index is 0.0749. The molecule has 0 saturated heterocycles. The SMILES string of the molecule is CCn1c(=O)c(CNc2ncnc(N)c2C(=[NH2+])c2cccc(O)c2)nc2ccccc21. The van der Waals surface area contributed by atoms with Crippen LogP contribution in [0.4, 0.5) is 11.6 Å². The van der Waals surface area contributed by atoms with E-state index in [1.54, 1.807) is 22.8 Å². The number of phenols is 1. The highest BCUT2D eigenvalue weighted by Gasteiger charge is 2.21. The van der Waals surface area contributed by atoms with Gasteiger partial charge in [-0.1, -0.05) is 18.2 Å². The van der Waals surface area contributed by atoms with Crippen LogP contribution in [-0.4, -0.2) is 30.3 Å². The smallest absolute Gasteiger partial charge is 0.274 e. The molecule has 156 valence electrons. The van der Waals surface area contributed by atoms with E-state index in [-0.39, 0.29) is 23.7 Å². The van der Waals surface area contributed by atoms with Crippen LogP contribution in [0.1, 0.15) is 23.7 Å². The molecule has 0 aliphatic rings. The molecule has 0 amide bonds. The maximum atomic E-state index is 12.9. The zero-order valence-corrected chi connectivity index (χ0v) is 16.9. The second-order valence-corrected chi connectivity index (χ2v) is 6.90. The third-order valence-corrected chi connectivity index (χ3v) is 4.96. The number of benzene rings is 2. The van der Waals surface area contributed by atoms with Crippen molar-refractivity contribution in [1.82, 2.24) is 19.5 Å². The number of nitrogens with zero attached hydrogens (tertiary/aromatic N) is 4. The fourth-order valence-corrected chi connectivity index (χ4v) is 3.46. The predicted molar refractivity (Wildman–Crippen MR) is 119 cm³/mol. The van der Waals surface area contributed by atoms with Crippen LogP contribution in [0.3, 0.4) is 0 Å². The number of rotatable bonds is 6. The molecule has 2 aromatic heterocycles. The molecule has 0 radical (unpaired) electrons. The van der Waals surface area contributed by atoms with Gasteiger partial charge in [-0.05, 0) is 37.3 Å². The van der Waals surface area contributed by atoms with Crippen LogP contribution in [0.25, 0.3) is 11.0 Å². The third-order valence-electron chi connectivity index (χ3n) is 4.96. The Balaban J connectivity index is 1.70. The number of anilines is 2. The molecule has 9 heteroatoms. The highest BCUT2D eigenvalue weighted by molar-refractivity contribution is 6.14. The Kier molecular flexibility index (Phi) is 5.31. The van der Waals surface area contributed by atoms with E-state index >= 15 is 0 Å². The Hall–Kier alpha value is -4.27. The topological polar surface area (TPSA) is 145 Å². The zero-order valence-electron chi connectivity index (χ0n) is 16.9. The van der Waals surface area contributed by atoms with Crippen LogP contribution in [-0.2, 0) is 13.1 Å². The van der Waals surface area contributed by atoms with Crippen molar-refractivity contribution in [3.63, 3.8) is 0 Å². The number of fused-ring (bicyclic) bond motifs is 1. The molecule has 0 atom stereocenters. The lowest BCUT2D eigenvalue weighted by atomic mass is 10.0. The minimum Gasteiger partial charge on any atom is -0.508 e. The number of nitrogens with one attached hydrogen (secondary N) is 1. The molecule has 0 aliphatic heterocycles. The lowest BCUT2D eigenvalue weighted by molar-refractivity contribution is -0.111. The van der Waals surface area contributed by atoms with Gasteiger partial charge in [0.05, 0.1) is 23.1 Å². The van der Waals surface area contributed by atoms with Crippen LogP contribution in [0, 0.1) is 0 Å². The van der Waals surface area contributed by atoms with Gasteiger partial charge in [-0.25, -0.2) is 15.0 Å². The summed E-state index contributed by atoms with van der Waals surface area (Å²) in [6.07, 6.45) is 1.31. The number of nitrogen functional groups attached to an aromatic ring is 1.